The highest BCUT2D eigenvalue weighted by atomic mass is 79.9. The minimum atomic E-state index is -0.454. The molecule has 0 radical (unpaired) electrons. The normalized spacial score (nSPS) is 9.82. The molecule has 0 bridgehead atoms. The van der Waals surface area contributed by atoms with Gasteiger partial charge in [0, 0.05) is 15.0 Å². The number of hydrogen-bond acceptors (Lipinski definition) is 3. The SMILES string of the molecule is C=CC(=O)OCCOc1ccc(Br)c(Br)c1Br. The lowest BCUT2D eigenvalue weighted by Crippen LogP contribution is -2.10. The molecule has 6 heteroatoms. The zero-order valence-electron chi connectivity index (χ0n) is 8.71. The first-order valence-corrected chi connectivity index (χ1v) is 6.99. The summed E-state index contributed by atoms with van der Waals surface area (Å²) >= 11 is 10.2. The van der Waals surface area contributed by atoms with Crippen LogP contribution in [0.4, 0.5) is 0 Å². The van der Waals surface area contributed by atoms with Crippen molar-refractivity contribution in [2.45, 2.75) is 0 Å². The van der Waals surface area contributed by atoms with Crippen LogP contribution in [0.2, 0.25) is 0 Å². The Balaban J connectivity index is 2.50. The van der Waals surface area contributed by atoms with E-state index < -0.39 is 5.97 Å². The van der Waals surface area contributed by atoms with Gasteiger partial charge in [-0.1, -0.05) is 6.58 Å². The molecule has 0 aliphatic carbocycles. The van der Waals surface area contributed by atoms with Gasteiger partial charge in [0.1, 0.15) is 19.0 Å². The number of carbonyl (C=O) groups excluding carboxylic acids is 1. The fourth-order valence-corrected chi connectivity index (χ4v) is 2.36. The summed E-state index contributed by atoms with van der Waals surface area (Å²) in [7, 11) is 0. The fraction of sp³-hybridized carbons (Fsp3) is 0.182. The van der Waals surface area contributed by atoms with E-state index in [1.165, 1.54) is 0 Å². The minimum absolute atomic E-state index is 0.185. The predicted molar refractivity (Wildman–Crippen MR) is 76.2 cm³/mol. The Labute approximate surface area is 125 Å². The molecular weight excluding hydrogens is 420 g/mol. The minimum Gasteiger partial charge on any atom is -0.489 e. The molecule has 1 aromatic carbocycles. The van der Waals surface area contributed by atoms with E-state index in [4.69, 9.17) is 9.47 Å². The number of esters is 1. The van der Waals surface area contributed by atoms with Crippen LogP contribution >= 0.6 is 47.8 Å². The molecule has 1 aromatic rings. The largest absolute Gasteiger partial charge is 0.489 e. The first kappa shape index (κ1) is 14.7. The first-order chi connectivity index (χ1) is 8.06. The Morgan fingerprint density at radius 2 is 1.94 bits per heavy atom. The molecule has 3 nitrogen and oxygen atoms in total. The Bertz CT molecular complexity index is 432. The van der Waals surface area contributed by atoms with E-state index in [1.54, 1.807) is 0 Å². The summed E-state index contributed by atoms with van der Waals surface area (Å²) in [6, 6.07) is 3.67. The first-order valence-electron chi connectivity index (χ1n) is 4.61. The molecule has 17 heavy (non-hydrogen) atoms. The summed E-state index contributed by atoms with van der Waals surface area (Å²) in [6.45, 7) is 3.77. The highest BCUT2D eigenvalue weighted by molar-refractivity contribution is 9.14. The summed E-state index contributed by atoms with van der Waals surface area (Å²) in [5.41, 5.74) is 0. The standard InChI is InChI=1S/C11H9Br3O3/c1-2-9(15)17-6-5-16-8-4-3-7(12)10(13)11(8)14/h2-4H,1,5-6H2. The van der Waals surface area contributed by atoms with Crippen molar-refractivity contribution in [3.8, 4) is 5.75 Å². The number of benzene rings is 1. The molecule has 0 aromatic heterocycles. The van der Waals surface area contributed by atoms with Crippen LogP contribution in [0.1, 0.15) is 0 Å². The number of rotatable bonds is 5. The second-order valence-electron chi connectivity index (χ2n) is 2.89. The van der Waals surface area contributed by atoms with Gasteiger partial charge in [-0.2, -0.15) is 0 Å². The molecule has 1 rings (SSSR count). The number of halogens is 3. The van der Waals surface area contributed by atoms with E-state index in [1.807, 2.05) is 12.1 Å². The highest BCUT2D eigenvalue weighted by Crippen LogP contribution is 2.37. The lowest BCUT2D eigenvalue weighted by Gasteiger charge is -2.10. The third kappa shape index (κ3) is 4.44. The van der Waals surface area contributed by atoms with Crippen molar-refractivity contribution in [2.24, 2.45) is 0 Å². The summed E-state index contributed by atoms with van der Waals surface area (Å²) < 4.78 is 12.9. The molecule has 0 amide bonds. The van der Waals surface area contributed by atoms with Crippen LogP contribution in [0.5, 0.6) is 5.75 Å². The molecule has 0 saturated heterocycles. The second-order valence-corrected chi connectivity index (χ2v) is 5.33. The van der Waals surface area contributed by atoms with Crippen molar-refractivity contribution in [2.75, 3.05) is 13.2 Å². The molecule has 0 heterocycles. The quantitative estimate of drug-likeness (QED) is 0.307. The third-order valence-corrected chi connectivity index (χ3v) is 5.09. The molecular formula is C11H9Br3O3. The van der Waals surface area contributed by atoms with Crippen LogP contribution in [-0.2, 0) is 9.53 Å². The maximum absolute atomic E-state index is 10.8. The summed E-state index contributed by atoms with van der Waals surface area (Å²) in [5.74, 6) is 0.222. The molecule has 0 fully saturated rings. The van der Waals surface area contributed by atoms with Crippen molar-refractivity contribution >= 4 is 53.8 Å². The van der Waals surface area contributed by atoms with Gasteiger partial charge >= 0.3 is 5.97 Å². The van der Waals surface area contributed by atoms with E-state index >= 15 is 0 Å². The van der Waals surface area contributed by atoms with Crippen molar-refractivity contribution in [1.82, 2.24) is 0 Å². The van der Waals surface area contributed by atoms with Crippen LogP contribution in [0.3, 0.4) is 0 Å². The Kier molecular flexibility index (Phi) is 6.22. The lowest BCUT2D eigenvalue weighted by atomic mass is 10.3. The number of ether oxygens (including phenoxy) is 2. The van der Waals surface area contributed by atoms with Crippen LogP contribution in [0, 0.1) is 0 Å². The molecule has 0 aliphatic rings. The molecule has 92 valence electrons. The van der Waals surface area contributed by atoms with Gasteiger partial charge in [0.05, 0.1) is 4.47 Å². The van der Waals surface area contributed by atoms with Gasteiger partial charge in [0.2, 0.25) is 0 Å². The number of carbonyl (C=O) groups is 1. The smallest absolute Gasteiger partial charge is 0.330 e. The van der Waals surface area contributed by atoms with E-state index in [0.717, 1.165) is 19.5 Å². The lowest BCUT2D eigenvalue weighted by molar-refractivity contribution is -0.138. The van der Waals surface area contributed by atoms with E-state index in [0.29, 0.717) is 5.75 Å². The van der Waals surface area contributed by atoms with Gasteiger partial charge in [0.15, 0.2) is 0 Å². The van der Waals surface area contributed by atoms with Crippen LogP contribution in [0.25, 0.3) is 0 Å². The monoisotopic (exact) mass is 426 g/mol. The van der Waals surface area contributed by atoms with Crippen LogP contribution < -0.4 is 4.74 Å². The van der Waals surface area contributed by atoms with Crippen molar-refractivity contribution in [3.05, 3.63) is 38.2 Å². The Morgan fingerprint density at radius 1 is 1.24 bits per heavy atom. The van der Waals surface area contributed by atoms with Crippen LogP contribution in [-0.4, -0.2) is 19.2 Å². The topological polar surface area (TPSA) is 35.5 Å². The maximum Gasteiger partial charge on any atom is 0.330 e. The predicted octanol–water partition coefficient (Wildman–Crippen LogP) is 4.08. The summed E-state index contributed by atoms with van der Waals surface area (Å²) in [6.07, 6.45) is 1.12. The molecule has 0 aliphatic heterocycles. The van der Waals surface area contributed by atoms with Crippen LogP contribution in [0.15, 0.2) is 38.2 Å². The maximum atomic E-state index is 10.8. The van der Waals surface area contributed by atoms with Crippen molar-refractivity contribution < 1.29 is 14.3 Å². The summed E-state index contributed by atoms with van der Waals surface area (Å²) in [5, 5.41) is 0. The third-order valence-electron chi connectivity index (χ3n) is 1.75. The molecule has 0 N–H and O–H groups in total. The van der Waals surface area contributed by atoms with Gasteiger partial charge in [-0.25, -0.2) is 4.79 Å². The Morgan fingerprint density at radius 3 is 2.59 bits per heavy atom. The van der Waals surface area contributed by atoms with Gasteiger partial charge in [-0.15, -0.1) is 0 Å². The van der Waals surface area contributed by atoms with Gasteiger partial charge < -0.3 is 9.47 Å². The fourth-order valence-electron chi connectivity index (χ4n) is 0.972. The molecule has 0 unspecified atom stereocenters. The summed E-state index contributed by atoms with van der Waals surface area (Å²) in [4.78, 5) is 10.8. The zero-order valence-corrected chi connectivity index (χ0v) is 13.5. The van der Waals surface area contributed by atoms with Crippen molar-refractivity contribution in [1.29, 1.82) is 0 Å². The van der Waals surface area contributed by atoms with Gasteiger partial charge in [0.25, 0.3) is 0 Å². The van der Waals surface area contributed by atoms with Crippen molar-refractivity contribution in [3.63, 3.8) is 0 Å². The van der Waals surface area contributed by atoms with E-state index in [9.17, 15) is 4.79 Å². The second kappa shape index (κ2) is 7.18. The molecule has 0 atom stereocenters. The van der Waals surface area contributed by atoms with E-state index in [2.05, 4.69) is 54.4 Å². The van der Waals surface area contributed by atoms with Gasteiger partial charge in [-0.3, -0.25) is 0 Å². The highest BCUT2D eigenvalue weighted by Gasteiger charge is 2.08. The average molecular weight is 429 g/mol. The van der Waals surface area contributed by atoms with Gasteiger partial charge in [-0.05, 0) is 59.9 Å². The average Bonchev–Trinajstić information content (AvgIpc) is 2.33. The zero-order chi connectivity index (χ0) is 12.8. The van der Waals surface area contributed by atoms with E-state index in [-0.39, 0.29) is 13.2 Å². The molecule has 0 saturated carbocycles. The molecule has 0 spiro atoms. The Hall–Kier alpha value is -0.330. The number of hydrogen-bond donors (Lipinski definition) is 0.